The summed E-state index contributed by atoms with van der Waals surface area (Å²) in [6.07, 6.45) is 2.25. The lowest BCUT2D eigenvalue weighted by molar-refractivity contribution is 0.0898. The van der Waals surface area contributed by atoms with Crippen LogP contribution in [0.4, 0.5) is 0 Å². The average molecular weight is 321 g/mol. The van der Waals surface area contributed by atoms with Crippen molar-refractivity contribution >= 4 is 17.3 Å². The van der Waals surface area contributed by atoms with Crippen molar-refractivity contribution in [2.45, 2.75) is 26.7 Å². The molecule has 2 aromatic rings. The van der Waals surface area contributed by atoms with Gasteiger partial charge < -0.3 is 5.11 Å². The van der Waals surface area contributed by atoms with Gasteiger partial charge in [0.1, 0.15) is 5.75 Å². The summed E-state index contributed by atoms with van der Waals surface area (Å²) in [7, 11) is 0. The number of rotatable bonds is 0. The highest BCUT2D eigenvalue weighted by atomic mass is 16.3. The molecule has 0 saturated carbocycles. The van der Waals surface area contributed by atoms with Gasteiger partial charge >= 0.3 is 0 Å². The van der Waals surface area contributed by atoms with Gasteiger partial charge in [-0.25, -0.2) is 0 Å². The van der Waals surface area contributed by atoms with E-state index in [0.717, 1.165) is 0 Å². The summed E-state index contributed by atoms with van der Waals surface area (Å²) in [5.41, 5.74) is 0.991. The van der Waals surface area contributed by atoms with E-state index in [4.69, 9.17) is 0 Å². The van der Waals surface area contributed by atoms with E-state index in [-0.39, 0.29) is 44.8 Å². The van der Waals surface area contributed by atoms with Crippen molar-refractivity contribution in [2.24, 2.45) is 5.41 Å². The van der Waals surface area contributed by atoms with E-state index in [1.807, 2.05) is 13.8 Å². The Kier molecular flexibility index (Phi) is 2.83. The molecule has 0 atom stereocenters. The molecule has 1 heterocycles. The van der Waals surface area contributed by atoms with Gasteiger partial charge in [0.15, 0.2) is 17.3 Å². The second-order valence-electron chi connectivity index (χ2n) is 7.17. The van der Waals surface area contributed by atoms with Gasteiger partial charge in [0, 0.05) is 23.7 Å². The van der Waals surface area contributed by atoms with Crippen molar-refractivity contribution in [3.8, 4) is 5.75 Å². The first-order chi connectivity index (χ1) is 11.3. The molecule has 0 radical (unpaired) electrons. The van der Waals surface area contributed by atoms with Gasteiger partial charge in [-0.05, 0) is 17.9 Å². The largest absolute Gasteiger partial charge is 0.507 e. The number of fused-ring (bicyclic) bond motifs is 4. The minimum atomic E-state index is -0.467. The first-order valence-electron chi connectivity index (χ1n) is 7.76. The number of carbonyl (C=O) groups is 3. The van der Waals surface area contributed by atoms with Crippen LogP contribution in [0.3, 0.4) is 0 Å². The molecule has 0 bridgehead atoms. The van der Waals surface area contributed by atoms with Crippen molar-refractivity contribution in [3.05, 3.63) is 57.9 Å². The quantitative estimate of drug-likeness (QED) is 0.688. The predicted molar refractivity (Wildman–Crippen MR) is 85.6 cm³/mol. The average Bonchev–Trinajstić information content (AvgIpc) is 2.50. The molecule has 0 unspecified atom stereocenters. The molecule has 0 amide bonds. The fraction of sp³-hybridized carbons (Fsp3) is 0.263. The Balaban J connectivity index is 2.02. The number of carbonyl (C=O) groups excluding carboxylic acids is 3. The molecule has 5 nitrogen and oxygen atoms in total. The number of Topliss-reactive ketones (excluding diaryl/α,β-unsaturated/α-hetero) is 1. The first kappa shape index (κ1) is 14.8. The van der Waals surface area contributed by atoms with E-state index in [9.17, 15) is 19.5 Å². The molecule has 120 valence electrons. The van der Waals surface area contributed by atoms with Gasteiger partial charge in [-0.3, -0.25) is 19.4 Å². The minimum absolute atomic E-state index is 0.0136. The summed E-state index contributed by atoms with van der Waals surface area (Å²) in [6, 6.07) is 4.39. The molecule has 24 heavy (non-hydrogen) atoms. The lowest BCUT2D eigenvalue weighted by atomic mass is 9.72. The zero-order chi connectivity index (χ0) is 17.2. The lowest BCUT2D eigenvalue weighted by Crippen LogP contribution is -2.32. The zero-order valence-electron chi connectivity index (χ0n) is 13.3. The molecule has 2 aliphatic carbocycles. The topological polar surface area (TPSA) is 84.3 Å². The molecule has 1 aromatic heterocycles. The number of phenols is 1. The molecule has 0 spiro atoms. The highest BCUT2D eigenvalue weighted by Gasteiger charge is 2.40. The van der Waals surface area contributed by atoms with Crippen molar-refractivity contribution < 1.29 is 19.5 Å². The minimum Gasteiger partial charge on any atom is -0.507 e. The Bertz CT molecular complexity index is 956. The first-order valence-corrected chi connectivity index (χ1v) is 7.76. The van der Waals surface area contributed by atoms with E-state index >= 15 is 0 Å². The number of benzene rings is 1. The molecule has 0 aliphatic heterocycles. The number of aromatic nitrogens is 1. The third-order valence-corrected chi connectivity index (χ3v) is 4.71. The third kappa shape index (κ3) is 1.87. The number of hydrogen-bond donors (Lipinski definition) is 1. The smallest absolute Gasteiger partial charge is 0.199 e. The van der Waals surface area contributed by atoms with Crippen LogP contribution in [-0.4, -0.2) is 27.4 Å². The summed E-state index contributed by atoms with van der Waals surface area (Å²) in [5, 5.41) is 9.97. The monoisotopic (exact) mass is 321 g/mol. The van der Waals surface area contributed by atoms with Crippen LogP contribution >= 0.6 is 0 Å². The van der Waals surface area contributed by atoms with Crippen molar-refractivity contribution in [1.29, 1.82) is 0 Å². The van der Waals surface area contributed by atoms with E-state index in [2.05, 4.69) is 4.98 Å². The van der Waals surface area contributed by atoms with Gasteiger partial charge in [-0.1, -0.05) is 26.0 Å². The summed E-state index contributed by atoms with van der Waals surface area (Å²) < 4.78 is 0. The molecule has 1 N–H and O–H groups in total. The SMILES string of the molecule is CC1(C)CC(=O)c2c(ncc3c2C(=O)c2cccc(O)c2C3=O)C1. The number of nitrogens with zero attached hydrogens (tertiary/aromatic N) is 1. The second kappa shape index (κ2) is 4.60. The summed E-state index contributed by atoms with van der Waals surface area (Å²) in [4.78, 5) is 42.6. The van der Waals surface area contributed by atoms with Crippen LogP contribution in [0.5, 0.6) is 5.75 Å². The molecule has 5 heteroatoms. The fourth-order valence-electron chi connectivity index (χ4n) is 3.67. The Hall–Kier alpha value is -2.82. The van der Waals surface area contributed by atoms with Crippen LogP contribution in [0.1, 0.15) is 68.2 Å². The maximum Gasteiger partial charge on any atom is 0.199 e. The molecule has 1 aromatic carbocycles. The van der Waals surface area contributed by atoms with Crippen LogP contribution in [-0.2, 0) is 6.42 Å². The van der Waals surface area contributed by atoms with Gasteiger partial charge in [0.25, 0.3) is 0 Å². The van der Waals surface area contributed by atoms with Gasteiger partial charge in [-0.2, -0.15) is 0 Å². The highest BCUT2D eigenvalue weighted by Crippen LogP contribution is 2.40. The highest BCUT2D eigenvalue weighted by molar-refractivity contribution is 6.31. The molecule has 2 aliphatic rings. The summed E-state index contributed by atoms with van der Waals surface area (Å²) >= 11 is 0. The van der Waals surface area contributed by atoms with Crippen LogP contribution in [0.2, 0.25) is 0 Å². The summed E-state index contributed by atoms with van der Waals surface area (Å²) in [5.74, 6) is -1.26. The van der Waals surface area contributed by atoms with Gasteiger partial charge in [0.2, 0.25) is 0 Å². The third-order valence-electron chi connectivity index (χ3n) is 4.71. The standard InChI is InChI=1S/C19H15NO4/c1-19(2)6-11-16(13(22)7-19)15-10(8-20-11)18(24)14-9(17(15)23)4-3-5-12(14)21/h3-5,8,21H,6-7H2,1-2H3. The normalized spacial score (nSPS) is 18.0. The molecular weight excluding hydrogens is 306 g/mol. The molecule has 4 rings (SSSR count). The van der Waals surface area contributed by atoms with Crippen molar-refractivity contribution in [3.63, 3.8) is 0 Å². The van der Waals surface area contributed by atoms with Crippen molar-refractivity contribution in [2.75, 3.05) is 0 Å². The Morgan fingerprint density at radius 1 is 0.958 bits per heavy atom. The number of aromatic hydroxyl groups is 1. The van der Waals surface area contributed by atoms with Crippen molar-refractivity contribution in [1.82, 2.24) is 4.98 Å². The second-order valence-corrected chi connectivity index (χ2v) is 7.17. The fourth-order valence-corrected chi connectivity index (χ4v) is 3.67. The Morgan fingerprint density at radius 3 is 2.42 bits per heavy atom. The molecular formula is C19H15NO4. The van der Waals surface area contributed by atoms with E-state index in [0.29, 0.717) is 18.5 Å². The number of phenolic OH excluding ortho intramolecular Hbond substituents is 1. The number of hydrogen-bond acceptors (Lipinski definition) is 5. The van der Waals surface area contributed by atoms with E-state index < -0.39 is 11.6 Å². The Labute approximate surface area is 138 Å². The summed E-state index contributed by atoms with van der Waals surface area (Å²) in [6.45, 7) is 3.96. The zero-order valence-corrected chi connectivity index (χ0v) is 13.3. The predicted octanol–water partition coefficient (Wildman–Crippen LogP) is 2.72. The van der Waals surface area contributed by atoms with Crippen LogP contribution in [0, 0.1) is 5.41 Å². The van der Waals surface area contributed by atoms with Gasteiger partial charge in [0.05, 0.1) is 22.4 Å². The Morgan fingerprint density at radius 2 is 1.67 bits per heavy atom. The van der Waals surface area contributed by atoms with E-state index in [1.165, 1.54) is 24.4 Å². The maximum atomic E-state index is 12.9. The van der Waals surface area contributed by atoms with Gasteiger partial charge in [-0.15, -0.1) is 0 Å². The molecule has 0 saturated heterocycles. The molecule has 0 fully saturated rings. The number of pyridine rings is 1. The van der Waals surface area contributed by atoms with E-state index in [1.54, 1.807) is 0 Å². The lowest BCUT2D eigenvalue weighted by Gasteiger charge is -2.31. The van der Waals surface area contributed by atoms with Crippen LogP contribution in [0.25, 0.3) is 0 Å². The van der Waals surface area contributed by atoms with Crippen LogP contribution < -0.4 is 0 Å². The maximum absolute atomic E-state index is 12.9. The number of ketones is 3. The van der Waals surface area contributed by atoms with Crippen LogP contribution in [0.15, 0.2) is 24.4 Å².